The third kappa shape index (κ3) is 2.99. The van der Waals surface area contributed by atoms with Gasteiger partial charge in [-0.2, -0.15) is 0 Å². The minimum atomic E-state index is 0.579. The molecule has 0 aliphatic heterocycles. The van der Waals surface area contributed by atoms with Gasteiger partial charge in [-0.25, -0.2) is 9.97 Å². The van der Waals surface area contributed by atoms with Gasteiger partial charge in [0, 0.05) is 30.5 Å². The van der Waals surface area contributed by atoms with Crippen molar-refractivity contribution in [1.29, 1.82) is 0 Å². The fraction of sp³-hybridized carbons (Fsp3) is 0.714. The summed E-state index contributed by atoms with van der Waals surface area (Å²) in [5.41, 5.74) is 2.10. The molecule has 1 aliphatic rings. The molecule has 0 spiro atoms. The Bertz CT molecular complexity index is 377. The predicted octanol–water partition coefficient (Wildman–Crippen LogP) is 2.06. The number of rotatable bonds is 3. The lowest BCUT2D eigenvalue weighted by molar-refractivity contribution is 0.349. The summed E-state index contributed by atoms with van der Waals surface area (Å²) < 4.78 is 0. The lowest BCUT2D eigenvalue weighted by atomic mass is 9.90. The molecule has 0 radical (unpaired) electrons. The van der Waals surface area contributed by atoms with Crippen LogP contribution in [0.15, 0.2) is 6.07 Å². The first-order valence-corrected chi connectivity index (χ1v) is 6.82. The van der Waals surface area contributed by atoms with Gasteiger partial charge in [-0.3, -0.25) is 0 Å². The van der Waals surface area contributed by atoms with Crippen molar-refractivity contribution in [2.75, 3.05) is 19.0 Å². The molecule has 4 nitrogen and oxygen atoms in total. The van der Waals surface area contributed by atoms with E-state index in [1.807, 2.05) is 19.9 Å². The molecule has 18 heavy (non-hydrogen) atoms. The third-order valence-corrected chi connectivity index (χ3v) is 3.94. The molecule has 0 amide bonds. The smallest absolute Gasteiger partial charge is 0.225 e. The van der Waals surface area contributed by atoms with Crippen molar-refractivity contribution in [2.24, 2.45) is 0 Å². The van der Waals surface area contributed by atoms with Gasteiger partial charge in [0.05, 0.1) is 0 Å². The zero-order chi connectivity index (χ0) is 13.1. The van der Waals surface area contributed by atoms with Gasteiger partial charge in [0.15, 0.2) is 0 Å². The quantitative estimate of drug-likeness (QED) is 0.889. The molecule has 1 aliphatic carbocycles. The molecule has 1 heterocycles. The normalized spacial score (nSPS) is 24.0. The van der Waals surface area contributed by atoms with E-state index in [2.05, 4.69) is 34.3 Å². The molecule has 1 aromatic rings. The van der Waals surface area contributed by atoms with E-state index in [0.717, 1.165) is 17.3 Å². The molecule has 1 fully saturated rings. The van der Waals surface area contributed by atoms with Gasteiger partial charge in [0.1, 0.15) is 0 Å². The Kier molecular flexibility index (Phi) is 4.17. The lowest BCUT2D eigenvalue weighted by Crippen LogP contribution is -2.40. The average molecular weight is 248 g/mol. The monoisotopic (exact) mass is 248 g/mol. The van der Waals surface area contributed by atoms with E-state index in [9.17, 15) is 0 Å². The van der Waals surface area contributed by atoms with Crippen LogP contribution in [0.5, 0.6) is 0 Å². The summed E-state index contributed by atoms with van der Waals surface area (Å²) in [7, 11) is 4.18. The van der Waals surface area contributed by atoms with Crippen LogP contribution in [0, 0.1) is 13.8 Å². The van der Waals surface area contributed by atoms with Gasteiger partial charge in [0.25, 0.3) is 0 Å². The molecule has 1 aromatic heterocycles. The fourth-order valence-corrected chi connectivity index (χ4v) is 2.78. The molecule has 100 valence electrons. The van der Waals surface area contributed by atoms with E-state index in [1.165, 1.54) is 25.7 Å². The average Bonchev–Trinajstić information content (AvgIpc) is 2.37. The molecule has 0 saturated heterocycles. The molecular formula is C14H24N4. The second-order valence-corrected chi connectivity index (χ2v) is 5.36. The van der Waals surface area contributed by atoms with Crippen molar-refractivity contribution in [3.05, 3.63) is 17.5 Å². The Morgan fingerprint density at radius 2 is 1.67 bits per heavy atom. The second kappa shape index (κ2) is 5.65. The summed E-state index contributed by atoms with van der Waals surface area (Å²) in [5.74, 6) is 0.875. The minimum Gasteiger partial charge on any atom is -0.341 e. The zero-order valence-electron chi connectivity index (χ0n) is 11.9. The van der Waals surface area contributed by atoms with Crippen LogP contribution in [-0.2, 0) is 0 Å². The number of hydrogen-bond acceptors (Lipinski definition) is 4. The van der Waals surface area contributed by atoms with Gasteiger partial charge < -0.3 is 10.2 Å². The van der Waals surface area contributed by atoms with Crippen LogP contribution in [0.3, 0.4) is 0 Å². The third-order valence-electron chi connectivity index (χ3n) is 3.94. The maximum Gasteiger partial charge on any atom is 0.225 e. The molecule has 0 unspecified atom stereocenters. The summed E-state index contributed by atoms with van der Waals surface area (Å²) in [5, 5.41) is 3.37. The summed E-state index contributed by atoms with van der Waals surface area (Å²) in [6.45, 7) is 4.06. The highest BCUT2D eigenvalue weighted by Gasteiger charge is 2.24. The van der Waals surface area contributed by atoms with E-state index < -0.39 is 0 Å². The number of hydrogen-bond donors (Lipinski definition) is 1. The van der Waals surface area contributed by atoms with Crippen LogP contribution in [0.4, 0.5) is 5.95 Å². The fourth-order valence-electron chi connectivity index (χ4n) is 2.78. The van der Waals surface area contributed by atoms with Crippen LogP contribution < -0.4 is 10.2 Å². The van der Waals surface area contributed by atoms with Crippen molar-refractivity contribution in [3.63, 3.8) is 0 Å². The van der Waals surface area contributed by atoms with Gasteiger partial charge in [-0.15, -0.1) is 0 Å². The molecule has 4 heteroatoms. The maximum atomic E-state index is 4.55. The second-order valence-electron chi connectivity index (χ2n) is 5.36. The van der Waals surface area contributed by atoms with Gasteiger partial charge in [0.2, 0.25) is 5.95 Å². The van der Waals surface area contributed by atoms with Gasteiger partial charge in [-0.1, -0.05) is 0 Å². The van der Waals surface area contributed by atoms with Crippen LogP contribution in [0.25, 0.3) is 0 Å². The highest BCUT2D eigenvalue weighted by molar-refractivity contribution is 5.32. The number of nitrogens with one attached hydrogen (secondary N) is 1. The van der Waals surface area contributed by atoms with Crippen LogP contribution in [0.2, 0.25) is 0 Å². The summed E-state index contributed by atoms with van der Waals surface area (Å²) in [6, 6.07) is 3.29. The Balaban J connectivity index is 2.05. The van der Waals surface area contributed by atoms with Crippen molar-refractivity contribution >= 4 is 5.95 Å². The van der Waals surface area contributed by atoms with E-state index in [4.69, 9.17) is 0 Å². The van der Waals surface area contributed by atoms with Crippen molar-refractivity contribution < 1.29 is 0 Å². The lowest BCUT2D eigenvalue weighted by Gasteiger charge is -2.34. The van der Waals surface area contributed by atoms with E-state index in [0.29, 0.717) is 12.1 Å². The Labute approximate surface area is 110 Å². The van der Waals surface area contributed by atoms with Gasteiger partial charge >= 0.3 is 0 Å². The maximum absolute atomic E-state index is 4.55. The van der Waals surface area contributed by atoms with Crippen molar-refractivity contribution in [2.45, 2.75) is 51.6 Å². The first-order valence-electron chi connectivity index (χ1n) is 6.82. The largest absolute Gasteiger partial charge is 0.341 e. The molecular weight excluding hydrogens is 224 g/mol. The predicted molar refractivity (Wildman–Crippen MR) is 75.0 cm³/mol. The number of nitrogens with zero attached hydrogens (tertiary/aromatic N) is 3. The van der Waals surface area contributed by atoms with Crippen LogP contribution >= 0.6 is 0 Å². The highest BCUT2D eigenvalue weighted by atomic mass is 15.3. The molecule has 0 atom stereocenters. The van der Waals surface area contributed by atoms with Crippen molar-refractivity contribution in [3.8, 4) is 0 Å². The molecule has 0 bridgehead atoms. The minimum absolute atomic E-state index is 0.579. The zero-order valence-corrected chi connectivity index (χ0v) is 11.9. The Morgan fingerprint density at radius 3 is 2.17 bits per heavy atom. The van der Waals surface area contributed by atoms with Crippen LogP contribution in [-0.4, -0.2) is 36.1 Å². The summed E-state index contributed by atoms with van der Waals surface area (Å²) in [6.07, 6.45) is 4.93. The number of aryl methyl sites for hydroxylation is 2. The summed E-state index contributed by atoms with van der Waals surface area (Å²) >= 11 is 0. The van der Waals surface area contributed by atoms with Crippen LogP contribution in [0.1, 0.15) is 37.1 Å². The molecule has 1 saturated carbocycles. The van der Waals surface area contributed by atoms with Crippen molar-refractivity contribution in [1.82, 2.24) is 15.3 Å². The Morgan fingerprint density at radius 1 is 1.11 bits per heavy atom. The molecule has 2 rings (SSSR count). The first kappa shape index (κ1) is 13.3. The topological polar surface area (TPSA) is 41.0 Å². The van der Waals surface area contributed by atoms with E-state index >= 15 is 0 Å². The van der Waals surface area contributed by atoms with E-state index in [1.54, 1.807) is 0 Å². The molecule has 1 N–H and O–H groups in total. The molecule has 0 aromatic carbocycles. The number of aromatic nitrogens is 2. The standard InChI is InChI=1S/C14H24N4/c1-10-9-11(2)17-14(16-10)18(4)13-7-5-12(15-3)6-8-13/h9,12-13,15H,5-8H2,1-4H3. The highest BCUT2D eigenvalue weighted by Crippen LogP contribution is 2.24. The Hall–Kier alpha value is -1.16. The number of anilines is 1. The SMILES string of the molecule is CNC1CCC(N(C)c2nc(C)cc(C)n2)CC1. The first-order chi connectivity index (χ1) is 8.60. The van der Waals surface area contributed by atoms with E-state index in [-0.39, 0.29) is 0 Å². The summed E-state index contributed by atoms with van der Waals surface area (Å²) in [4.78, 5) is 11.4. The van der Waals surface area contributed by atoms with Gasteiger partial charge in [-0.05, 0) is 52.6 Å².